The summed E-state index contributed by atoms with van der Waals surface area (Å²) < 4.78 is 26.0. The minimum absolute atomic E-state index is 0.356. The summed E-state index contributed by atoms with van der Waals surface area (Å²) in [5.74, 6) is 0. The molecule has 0 amide bonds. The molecule has 0 saturated heterocycles. The van der Waals surface area contributed by atoms with Crippen molar-refractivity contribution in [3.05, 3.63) is 23.2 Å². The zero-order chi connectivity index (χ0) is 13.9. The Morgan fingerprint density at radius 1 is 1.44 bits per heavy atom. The minimum Gasteiger partial charge on any atom is -0.375 e. The molecular formula is C11H14ClN3O2S. The molecular weight excluding hydrogens is 274 g/mol. The van der Waals surface area contributed by atoms with E-state index in [9.17, 15) is 8.42 Å². The first-order valence-corrected chi connectivity index (χ1v) is 7.09. The van der Waals surface area contributed by atoms with Crippen LogP contribution in [0.4, 0.5) is 11.4 Å². The van der Waals surface area contributed by atoms with Gasteiger partial charge in [0, 0.05) is 14.1 Å². The second-order valence-electron chi connectivity index (χ2n) is 3.95. The highest BCUT2D eigenvalue weighted by atomic mass is 35.5. The average molecular weight is 288 g/mol. The Morgan fingerprint density at radius 2 is 2.06 bits per heavy atom. The zero-order valence-corrected chi connectivity index (χ0v) is 11.9. The monoisotopic (exact) mass is 287 g/mol. The molecule has 0 spiro atoms. The van der Waals surface area contributed by atoms with Crippen LogP contribution in [0.2, 0.25) is 5.02 Å². The lowest BCUT2D eigenvalue weighted by atomic mass is 10.2. The van der Waals surface area contributed by atoms with Gasteiger partial charge in [-0.15, -0.1) is 0 Å². The maximum absolute atomic E-state index is 11.8. The molecule has 5 nitrogen and oxygen atoms in total. The summed E-state index contributed by atoms with van der Waals surface area (Å²) >= 11 is 6.03. The summed E-state index contributed by atoms with van der Waals surface area (Å²) in [7, 11) is -0.219. The van der Waals surface area contributed by atoms with E-state index in [0.29, 0.717) is 16.4 Å². The summed E-state index contributed by atoms with van der Waals surface area (Å²) in [6, 6.07) is 6.60. The Morgan fingerprint density at radius 3 is 2.56 bits per heavy atom. The number of nitrogens with one attached hydrogen (secondary N) is 1. The molecule has 1 N–H and O–H groups in total. The summed E-state index contributed by atoms with van der Waals surface area (Å²) in [5.41, 5.74) is 0.919. The van der Waals surface area contributed by atoms with Crippen LogP contribution in [0.15, 0.2) is 18.2 Å². The lowest BCUT2D eigenvalue weighted by molar-refractivity contribution is 0.597. The first kappa shape index (κ1) is 14.6. The molecule has 0 aliphatic carbocycles. The molecule has 0 bridgehead atoms. The quantitative estimate of drug-likeness (QED) is 0.920. The molecule has 0 fully saturated rings. The number of hydrogen-bond acceptors (Lipinski definition) is 4. The maximum atomic E-state index is 11.8. The first-order valence-electron chi connectivity index (χ1n) is 5.16. The Hall–Kier alpha value is -1.45. The molecule has 0 aliphatic rings. The van der Waals surface area contributed by atoms with E-state index < -0.39 is 15.3 Å². The maximum Gasteiger partial charge on any atom is 0.248 e. The molecule has 0 aliphatic heterocycles. The van der Waals surface area contributed by atoms with Gasteiger partial charge in [0.1, 0.15) is 0 Å². The fourth-order valence-corrected chi connectivity index (χ4v) is 2.49. The third kappa shape index (κ3) is 3.06. The zero-order valence-electron chi connectivity index (χ0n) is 10.3. The van der Waals surface area contributed by atoms with Gasteiger partial charge >= 0.3 is 0 Å². The summed E-state index contributed by atoms with van der Waals surface area (Å²) in [6.45, 7) is 1.32. The van der Waals surface area contributed by atoms with E-state index in [2.05, 4.69) is 4.72 Å². The van der Waals surface area contributed by atoms with Gasteiger partial charge in [-0.1, -0.05) is 17.7 Å². The molecule has 1 atom stereocenters. The van der Waals surface area contributed by atoms with Crippen LogP contribution in [0, 0.1) is 11.3 Å². The molecule has 1 aromatic carbocycles. The van der Waals surface area contributed by atoms with Crippen molar-refractivity contribution in [3.8, 4) is 6.07 Å². The lowest BCUT2D eigenvalue weighted by Crippen LogP contribution is -2.25. The van der Waals surface area contributed by atoms with Crippen molar-refractivity contribution in [2.75, 3.05) is 23.7 Å². The third-order valence-corrected chi connectivity index (χ3v) is 4.18. The van der Waals surface area contributed by atoms with Crippen molar-refractivity contribution < 1.29 is 8.42 Å². The molecule has 0 aromatic heterocycles. The van der Waals surface area contributed by atoms with Gasteiger partial charge in [0.2, 0.25) is 10.0 Å². The lowest BCUT2D eigenvalue weighted by Gasteiger charge is -2.20. The van der Waals surface area contributed by atoms with Gasteiger partial charge in [-0.3, -0.25) is 4.72 Å². The van der Waals surface area contributed by atoms with Crippen LogP contribution < -0.4 is 9.62 Å². The second kappa shape index (κ2) is 5.46. The normalized spacial score (nSPS) is 12.6. The predicted molar refractivity (Wildman–Crippen MR) is 73.4 cm³/mol. The van der Waals surface area contributed by atoms with Crippen molar-refractivity contribution >= 4 is 33.0 Å². The van der Waals surface area contributed by atoms with Crippen molar-refractivity contribution in [1.82, 2.24) is 0 Å². The SMILES string of the molecule is C[C@H](C#N)S(=O)(=O)Nc1cccc(Cl)c1N(C)C. The highest BCUT2D eigenvalue weighted by molar-refractivity contribution is 7.93. The molecule has 1 aromatic rings. The molecule has 0 heterocycles. The van der Waals surface area contributed by atoms with Gasteiger partial charge in [-0.05, 0) is 19.1 Å². The van der Waals surface area contributed by atoms with Crippen LogP contribution in [0.25, 0.3) is 0 Å². The van der Waals surface area contributed by atoms with E-state index in [0.717, 1.165) is 0 Å². The molecule has 0 radical (unpaired) electrons. The van der Waals surface area contributed by atoms with E-state index in [-0.39, 0.29) is 0 Å². The van der Waals surface area contributed by atoms with Crippen molar-refractivity contribution in [2.45, 2.75) is 12.2 Å². The van der Waals surface area contributed by atoms with Crippen LogP contribution in [0.1, 0.15) is 6.92 Å². The topological polar surface area (TPSA) is 73.2 Å². The van der Waals surface area contributed by atoms with Gasteiger partial charge in [-0.25, -0.2) is 8.42 Å². The fraction of sp³-hybridized carbons (Fsp3) is 0.364. The van der Waals surface area contributed by atoms with Crippen molar-refractivity contribution in [2.24, 2.45) is 0 Å². The van der Waals surface area contributed by atoms with Gasteiger partial charge < -0.3 is 4.90 Å². The van der Waals surface area contributed by atoms with Gasteiger partial charge in [0.25, 0.3) is 0 Å². The number of nitriles is 1. The third-order valence-electron chi connectivity index (χ3n) is 2.33. The van der Waals surface area contributed by atoms with Gasteiger partial charge in [0.05, 0.1) is 22.5 Å². The number of benzene rings is 1. The van der Waals surface area contributed by atoms with E-state index >= 15 is 0 Å². The average Bonchev–Trinajstić information content (AvgIpc) is 2.26. The number of rotatable bonds is 4. The summed E-state index contributed by atoms with van der Waals surface area (Å²) in [5, 5.41) is 7.98. The Bertz CT molecular complexity index is 578. The number of nitrogens with zero attached hydrogens (tertiary/aromatic N) is 2. The highest BCUT2D eigenvalue weighted by Crippen LogP contribution is 2.33. The van der Waals surface area contributed by atoms with Crippen molar-refractivity contribution in [1.29, 1.82) is 5.26 Å². The van der Waals surface area contributed by atoms with Gasteiger partial charge in [-0.2, -0.15) is 5.26 Å². The predicted octanol–water partition coefficient (Wildman–Crippen LogP) is 2.06. The van der Waals surface area contributed by atoms with Crippen LogP contribution in [0.3, 0.4) is 0 Å². The Kier molecular flexibility index (Phi) is 4.43. The Labute approximate surface area is 112 Å². The number of halogens is 1. The largest absolute Gasteiger partial charge is 0.375 e. The first-order chi connectivity index (χ1) is 8.29. The van der Waals surface area contributed by atoms with E-state index in [1.165, 1.54) is 6.92 Å². The van der Waals surface area contributed by atoms with Gasteiger partial charge in [0.15, 0.2) is 5.25 Å². The fourth-order valence-electron chi connectivity index (χ4n) is 1.36. The number of sulfonamides is 1. The highest BCUT2D eigenvalue weighted by Gasteiger charge is 2.22. The molecule has 0 saturated carbocycles. The number of anilines is 2. The molecule has 1 rings (SSSR count). The second-order valence-corrected chi connectivity index (χ2v) is 6.36. The molecule has 18 heavy (non-hydrogen) atoms. The van der Waals surface area contributed by atoms with E-state index in [1.54, 1.807) is 43.3 Å². The van der Waals surface area contributed by atoms with Crippen molar-refractivity contribution in [3.63, 3.8) is 0 Å². The van der Waals surface area contributed by atoms with Crippen LogP contribution in [-0.4, -0.2) is 27.8 Å². The van der Waals surface area contributed by atoms with Crippen LogP contribution >= 0.6 is 11.6 Å². The van der Waals surface area contributed by atoms with E-state index in [4.69, 9.17) is 16.9 Å². The van der Waals surface area contributed by atoms with Crippen LogP contribution in [0.5, 0.6) is 0 Å². The minimum atomic E-state index is -3.73. The molecule has 98 valence electrons. The smallest absolute Gasteiger partial charge is 0.248 e. The van der Waals surface area contributed by atoms with E-state index in [1.807, 2.05) is 0 Å². The molecule has 0 unspecified atom stereocenters. The number of para-hydroxylation sites is 1. The summed E-state index contributed by atoms with van der Waals surface area (Å²) in [6.07, 6.45) is 0. The Balaban J connectivity index is 3.22. The molecule has 7 heteroatoms. The number of hydrogen-bond donors (Lipinski definition) is 1. The standard InChI is InChI=1S/C11H14ClN3O2S/c1-8(7-13)18(16,17)14-10-6-4-5-9(12)11(10)15(2)3/h4-6,8,14H,1-3H3/t8-/m1/s1. The van der Waals surface area contributed by atoms with Crippen LogP contribution in [-0.2, 0) is 10.0 Å². The summed E-state index contributed by atoms with van der Waals surface area (Å²) in [4.78, 5) is 1.71.